The van der Waals surface area contributed by atoms with Gasteiger partial charge in [-0.05, 0) is 31.0 Å². The van der Waals surface area contributed by atoms with Gasteiger partial charge in [0.1, 0.15) is 0 Å². The van der Waals surface area contributed by atoms with E-state index >= 15 is 0 Å². The Balaban J connectivity index is 1.77. The molecule has 2 heterocycles. The molecule has 0 aromatic heterocycles. The predicted octanol–water partition coefficient (Wildman–Crippen LogP) is 1.40. The molecule has 2 aliphatic rings. The van der Waals surface area contributed by atoms with Gasteiger partial charge < -0.3 is 20.2 Å². The molecular weight excluding hydrogens is 310 g/mol. The van der Waals surface area contributed by atoms with Crippen LogP contribution in [0.25, 0.3) is 0 Å². The number of likely N-dealkylation sites (tertiary alicyclic amines) is 1. The summed E-state index contributed by atoms with van der Waals surface area (Å²) in [5.74, 6) is -1.35. The van der Waals surface area contributed by atoms with Crippen LogP contribution >= 0.6 is 0 Å². The molecule has 7 nitrogen and oxygen atoms in total. The van der Waals surface area contributed by atoms with Crippen molar-refractivity contribution in [3.63, 3.8) is 0 Å². The van der Waals surface area contributed by atoms with Gasteiger partial charge in [-0.15, -0.1) is 0 Å². The molecule has 0 spiro atoms. The minimum atomic E-state index is -0.794. The standard InChI is InChI=1S/C17H21N3O4/c1-19-7-6-15(21)18-13-10-12(2-3-14(13)19)16(22)20-8-4-11(5-9-20)17(23)24/h2-3,10-11H,4-9H2,1H3,(H,18,21)(H,23,24). The van der Waals surface area contributed by atoms with E-state index in [0.29, 0.717) is 50.1 Å². The quantitative estimate of drug-likeness (QED) is 0.855. The fourth-order valence-corrected chi connectivity index (χ4v) is 3.22. The zero-order valence-electron chi connectivity index (χ0n) is 13.6. The molecule has 7 heteroatoms. The monoisotopic (exact) mass is 331 g/mol. The van der Waals surface area contributed by atoms with Gasteiger partial charge in [0.15, 0.2) is 0 Å². The van der Waals surface area contributed by atoms with Crippen LogP contribution < -0.4 is 10.2 Å². The molecular formula is C17H21N3O4. The lowest BCUT2D eigenvalue weighted by molar-refractivity contribution is -0.143. The number of amides is 2. The van der Waals surface area contributed by atoms with Crippen molar-refractivity contribution in [3.8, 4) is 0 Å². The van der Waals surface area contributed by atoms with Crippen LogP contribution in [0.5, 0.6) is 0 Å². The number of carbonyl (C=O) groups is 3. The number of carboxylic acids is 1. The summed E-state index contributed by atoms with van der Waals surface area (Å²) in [6, 6.07) is 5.32. The Morgan fingerprint density at radius 3 is 2.58 bits per heavy atom. The molecule has 2 N–H and O–H groups in total. The molecule has 3 rings (SSSR count). The van der Waals surface area contributed by atoms with E-state index < -0.39 is 5.97 Å². The summed E-state index contributed by atoms with van der Waals surface area (Å²) in [4.78, 5) is 39.1. The fourth-order valence-electron chi connectivity index (χ4n) is 3.22. The van der Waals surface area contributed by atoms with E-state index in [0.717, 1.165) is 5.69 Å². The van der Waals surface area contributed by atoms with Gasteiger partial charge in [-0.3, -0.25) is 14.4 Å². The van der Waals surface area contributed by atoms with E-state index in [2.05, 4.69) is 5.32 Å². The van der Waals surface area contributed by atoms with Gasteiger partial charge in [-0.1, -0.05) is 0 Å². The number of rotatable bonds is 2. The van der Waals surface area contributed by atoms with E-state index in [1.165, 1.54) is 0 Å². The topological polar surface area (TPSA) is 90.0 Å². The van der Waals surface area contributed by atoms with Crippen LogP contribution in [0, 0.1) is 5.92 Å². The zero-order chi connectivity index (χ0) is 17.3. The van der Waals surface area contributed by atoms with Gasteiger partial charge in [-0.2, -0.15) is 0 Å². The number of carboxylic acid groups (broad SMARTS) is 1. The van der Waals surface area contributed by atoms with Gasteiger partial charge in [0, 0.05) is 38.7 Å². The van der Waals surface area contributed by atoms with Gasteiger partial charge in [0.05, 0.1) is 17.3 Å². The summed E-state index contributed by atoms with van der Waals surface area (Å²) in [6.45, 7) is 1.52. The second-order valence-corrected chi connectivity index (χ2v) is 6.36. The third-order valence-electron chi connectivity index (χ3n) is 4.73. The molecule has 128 valence electrons. The smallest absolute Gasteiger partial charge is 0.306 e. The molecule has 0 atom stereocenters. The highest BCUT2D eigenvalue weighted by atomic mass is 16.4. The van der Waals surface area contributed by atoms with Gasteiger partial charge in [0.25, 0.3) is 5.91 Å². The van der Waals surface area contributed by atoms with Gasteiger partial charge >= 0.3 is 5.97 Å². The summed E-state index contributed by atoms with van der Waals surface area (Å²) in [7, 11) is 1.91. The van der Waals surface area contributed by atoms with Crippen molar-refractivity contribution in [2.24, 2.45) is 5.92 Å². The molecule has 1 saturated heterocycles. The van der Waals surface area contributed by atoms with Crippen molar-refractivity contribution >= 4 is 29.2 Å². The molecule has 0 radical (unpaired) electrons. The molecule has 1 aromatic carbocycles. The van der Waals surface area contributed by atoms with Crippen molar-refractivity contribution in [2.45, 2.75) is 19.3 Å². The number of nitrogens with one attached hydrogen (secondary N) is 1. The SMILES string of the molecule is CN1CCC(=O)Nc2cc(C(=O)N3CCC(C(=O)O)CC3)ccc21. The highest BCUT2D eigenvalue weighted by molar-refractivity contribution is 6.01. The van der Waals surface area contributed by atoms with Crippen molar-refractivity contribution in [1.29, 1.82) is 0 Å². The minimum Gasteiger partial charge on any atom is -0.481 e. The lowest BCUT2D eigenvalue weighted by Gasteiger charge is -2.30. The summed E-state index contributed by atoms with van der Waals surface area (Å²) in [5, 5.41) is 11.9. The van der Waals surface area contributed by atoms with Crippen LogP contribution in [0.3, 0.4) is 0 Å². The van der Waals surface area contributed by atoms with Gasteiger partial charge in [-0.25, -0.2) is 0 Å². The van der Waals surface area contributed by atoms with Crippen molar-refractivity contribution < 1.29 is 19.5 Å². The molecule has 2 aliphatic heterocycles. The van der Waals surface area contributed by atoms with Gasteiger partial charge in [0.2, 0.25) is 5.91 Å². The fraction of sp³-hybridized carbons (Fsp3) is 0.471. The van der Waals surface area contributed by atoms with Crippen LogP contribution in [0.4, 0.5) is 11.4 Å². The molecule has 0 unspecified atom stereocenters. The minimum absolute atomic E-state index is 0.0625. The molecule has 0 aliphatic carbocycles. The number of nitrogens with zero attached hydrogens (tertiary/aromatic N) is 2. The number of anilines is 2. The van der Waals surface area contributed by atoms with Crippen LogP contribution in [0.2, 0.25) is 0 Å². The molecule has 1 aromatic rings. The summed E-state index contributed by atoms with van der Waals surface area (Å²) >= 11 is 0. The Hall–Kier alpha value is -2.57. The Morgan fingerprint density at radius 2 is 1.92 bits per heavy atom. The normalized spacial score (nSPS) is 18.6. The highest BCUT2D eigenvalue weighted by Crippen LogP contribution is 2.30. The number of benzene rings is 1. The average molecular weight is 331 g/mol. The molecule has 2 amide bonds. The largest absolute Gasteiger partial charge is 0.481 e. The third-order valence-corrected chi connectivity index (χ3v) is 4.73. The maximum atomic E-state index is 12.7. The first-order chi connectivity index (χ1) is 11.5. The van der Waals surface area contributed by atoms with Crippen LogP contribution in [-0.4, -0.2) is 54.5 Å². The molecule has 0 bridgehead atoms. The van der Waals surface area contributed by atoms with Crippen LogP contribution in [-0.2, 0) is 9.59 Å². The number of hydrogen-bond donors (Lipinski definition) is 2. The number of hydrogen-bond acceptors (Lipinski definition) is 4. The summed E-state index contributed by atoms with van der Waals surface area (Å²) < 4.78 is 0. The lowest BCUT2D eigenvalue weighted by atomic mass is 9.96. The van der Waals surface area contributed by atoms with E-state index in [9.17, 15) is 14.4 Å². The molecule has 24 heavy (non-hydrogen) atoms. The van der Waals surface area contributed by atoms with Crippen molar-refractivity contribution in [2.75, 3.05) is 36.9 Å². The van der Waals surface area contributed by atoms with E-state index in [4.69, 9.17) is 5.11 Å². The molecule has 1 fully saturated rings. The average Bonchev–Trinajstić information content (AvgIpc) is 2.72. The highest BCUT2D eigenvalue weighted by Gasteiger charge is 2.28. The maximum absolute atomic E-state index is 12.7. The Kier molecular flexibility index (Phi) is 4.42. The Bertz CT molecular complexity index is 680. The first-order valence-corrected chi connectivity index (χ1v) is 8.13. The first-order valence-electron chi connectivity index (χ1n) is 8.13. The number of aliphatic carboxylic acids is 1. The molecule has 0 saturated carbocycles. The third kappa shape index (κ3) is 3.20. The Morgan fingerprint density at radius 1 is 1.21 bits per heavy atom. The number of piperidine rings is 1. The van der Waals surface area contributed by atoms with Crippen LogP contribution in [0.1, 0.15) is 29.6 Å². The van der Waals surface area contributed by atoms with E-state index in [1.807, 2.05) is 18.0 Å². The zero-order valence-corrected chi connectivity index (χ0v) is 13.6. The van der Waals surface area contributed by atoms with Crippen molar-refractivity contribution in [1.82, 2.24) is 4.90 Å². The van der Waals surface area contributed by atoms with E-state index in [1.54, 1.807) is 17.0 Å². The van der Waals surface area contributed by atoms with Crippen LogP contribution in [0.15, 0.2) is 18.2 Å². The maximum Gasteiger partial charge on any atom is 0.306 e. The first kappa shape index (κ1) is 16.3. The Labute approximate surface area is 140 Å². The summed E-state index contributed by atoms with van der Waals surface area (Å²) in [5.41, 5.74) is 2.05. The van der Waals surface area contributed by atoms with Crippen molar-refractivity contribution in [3.05, 3.63) is 23.8 Å². The lowest BCUT2D eigenvalue weighted by Crippen LogP contribution is -2.40. The summed E-state index contributed by atoms with van der Waals surface area (Å²) in [6.07, 6.45) is 1.37. The predicted molar refractivity (Wildman–Crippen MR) is 89.2 cm³/mol. The second kappa shape index (κ2) is 6.51. The second-order valence-electron chi connectivity index (χ2n) is 6.36. The number of fused-ring (bicyclic) bond motifs is 1. The number of carbonyl (C=O) groups excluding carboxylic acids is 2. The van der Waals surface area contributed by atoms with E-state index in [-0.39, 0.29) is 17.7 Å².